The van der Waals surface area contributed by atoms with Gasteiger partial charge in [0.1, 0.15) is 4.83 Å². The van der Waals surface area contributed by atoms with E-state index in [1.807, 2.05) is 19.9 Å². The van der Waals surface area contributed by atoms with Crippen LogP contribution in [0.4, 0.5) is 0 Å². The lowest BCUT2D eigenvalue weighted by molar-refractivity contribution is 0.249. The van der Waals surface area contributed by atoms with Crippen LogP contribution in [0.2, 0.25) is 0 Å². The number of aromatic nitrogens is 2. The highest BCUT2D eigenvalue weighted by Crippen LogP contribution is 2.33. The molecule has 0 atom stereocenters. The predicted molar refractivity (Wildman–Crippen MR) is 106 cm³/mol. The number of rotatable bonds is 4. The van der Waals surface area contributed by atoms with Crippen molar-refractivity contribution in [3.63, 3.8) is 0 Å². The molecule has 5 nitrogen and oxygen atoms in total. The first-order valence-electron chi connectivity index (χ1n) is 9.18. The van der Waals surface area contributed by atoms with E-state index in [0.717, 1.165) is 41.8 Å². The maximum Gasteiger partial charge on any atom is 0.332 e. The summed E-state index contributed by atoms with van der Waals surface area (Å²) in [6.45, 7) is 7.51. The molecule has 0 bridgehead atoms. The number of benzene rings is 1. The second-order valence-electron chi connectivity index (χ2n) is 6.71. The van der Waals surface area contributed by atoms with Crippen LogP contribution in [0, 0.1) is 0 Å². The molecule has 0 spiro atoms. The Morgan fingerprint density at radius 3 is 2.46 bits per heavy atom. The maximum absolute atomic E-state index is 12.9. The van der Waals surface area contributed by atoms with Gasteiger partial charge < -0.3 is 0 Å². The average Bonchev–Trinajstić information content (AvgIpc) is 3.02. The van der Waals surface area contributed by atoms with Crippen LogP contribution in [0.25, 0.3) is 10.2 Å². The zero-order valence-corrected chi connectivity index (χ0v) is 16.0. The van der Waals surface area contributed by atoms with Crippen LogP contribution in [0.15, 0.2) is 39.9 Å². The Morgan fingerprint density at radius 1 is 1.04 bits per heavy atom. The molecule has 3 aromatic rings. The van der Waals surface area contributed by atoms with Gasteiger partial charge >= 0.3 is 5.69 Å². The lowest BCUT2D eigenvalue weighted by Crippen LogP contribution is -2.39. The van der Waals surface area contributed by atoms with Crippen LogP contribution in [0.5, 0.6) is 0 Å². The molecule has 0 fully saturated rings. The normalized spacial score (nSPS) is 14.7. The summed E-state index contributed by atoms with van der Waals surface area (Å²) in [6, 6.07) is 10.5. The van der Waals surface area contributed by atoms with Crippen molar-refractivity contribution in [2.24, 2.45) is 0 Å². The molecule has 0 saturated carbocycles. The molecule has 1 aromatic carbocycles. The van der Waals surface area contributed by atoms with Crippen LogP contribution < -0.4 is 11.2 Å². The van der Waals surface area contributed by atoms with Crippen molar-refractivity contribution in [1.82, 2.24) is 14.0 Å². The molecule has 26 heavy (non-hydrogen) atoms. The second-order valence-corrected chi connectivity index (χ2v) is 7.79. The molecule has 0 radical (unpaired) electrons. The van der Waals surface area contributed by atoms with Crippen LogP contribution in [-0.4, -0.2) is 20.6 Å². The number of hydrogen-bond donors (Lipinski definition) is 0. The summed E-state index contributed by atoms with van der Waals surface area (Å²) in [7, 11) is 0. The molecule has 136 valence electrons. The van der Waals surface area contributed by atoms with E-state index in [-0.39, 0.29) is 11.2 Å². The minimum atomic E-state index is -0.188. The molecule has 0 unspecified atom stereocenters. The van der Waals surface area contributed by atoms with Crippen molar-refractivity contribution < 1.29 is 0 Å². The van der Waals surface area contributed by atoms with Gasteiger partial charge in [0, 0.05) is 37.6 Å². The third-order valence-electron chi connectivity index (χ3n) is 5.16. The summed E-state index contributed by atoms with van der Waals surface area (Å²) in [5.41, 5.74) is 2.15. The third kappa shape index (κ3) is 2.73. The van der Waals surface area contributed by atoms with Crippen molar-refractivity contribution in [3.8, 4) is 0 Å². The van der Waals surface area contributed by atoms with E-state index in [0.29, 0.717) is 13.1 Å². The van der Waals surface area contributed by atoms with Crippen molar-refractivity contribution in [2.45, 2.75) is 46.4 Å². The van der Waals surface area contributed by atoms with Gasteiger partial charge in [-0.25, -0.2) is 4.79 Å². The van der Waals surface area contributed by atoms with E-state index in [4.69, 9.17) is 0 Å². The van der Waals surface area contributed by atoms with Gasteiger partial charge in [-0.05, 0) is 31.4 Å². The molecular weight excluding hydrogens is 346 g/mol. The number of thiophene rings is 1. The first-order valence-corrected chi connectivity index (χ1v) is 9.99. The van der Waals surface area contributed by atoms with Gasteiger partial charge in [-0.2, -0.15) is 0 Å². The minimum absolute atomic E-state index is 0.119. The molecule has 0 aliphatic carbocycles. The number of hydrogen-bond acceptors (Lipinski definition) is 4. The molecule has 2 aromatic heterocycles. The summed E-state index contributed by atoms with van der Waals surface area (Å²) in [5, 5.41) is 0.771. The zero-order chi connectivity index (χ0) is 18.3. The van der Waals surface area contributed by atoms with Crippen LogP contribution in [-0.2, 0) is 32.6 Å². The standard InChI is InChI=1S/C20H23N3O2S/c1-3-22-18(24)17-15-10-11-21(12-14-8-6-5-7-9-14)13-16(15)26-19(17)23(4-2)20(22)25/h5-9H,3-4,10-13H2,1-2H3. The summed E-state index contributed by atoms with van der Waals surface area (Å²) >= 11 is 1.62. The summed E-state index contributed by atoms with van der Waals surface area (Å²) < 4.78 is 3.12. The van der Waals surface area contributed by atoms with E-state index < -0.39 is 0 Å². The molecule has 4 rings (SSSR count). The Labute approximate surface area is 156 Å². The van der Waals surface area contributed by atoms with E-state index in [1.165, 1.54) is 15.0 Å². The van der Waals surface area contributed by atoms with Crippen molar-refractivity contribution in [1.29, 1.82) is 0 Å². The van der Waals surface area contributed by atoms with Crippen LogP contribution in [0.3, 0.4) is 0 Å². The molecule has 0 saturated heterocycles. The summed E-state index contributed by atoms with van der Waals surface area (Å²) in [4.78, 5) is 30.0. The predicted octanol–water partition coefficient (Wildman–Crippen LogP) is 2.82. The Morgan fingerprint density at radius 2 is 1.77 bits per heavy atom. The first kappa shape index (κ1) is 17.2. The van der Waals surface area contributed by atoms with Crippen LogP contribution >= 0.6 is 11.3 Å². The largest absolute Gasteiger partial charge is 0.332 e. The number of fused-ring (bicyclic) bond motifs is 3. The Bertz CT molecular complexity index is 1060. The van der Waals surface area contributed by atoms with E-state index in [1.54, 1.807) is 15.9 Å². The molecule has 3 heterocycles. The second kappa shape index (κ2) is 6.85. The average molecular weight is 369 g/mol. The van der Waals surface area contributed by atoms with Crippen molar-refractivity contribution in [3.05, 3.63) is 67.2 Å². The Balaban J connectivity index is 1.78. The molecule has 0 N–H and O–H groups in total. The minimum Gasteiger partial charge on any atom is -0.294 e. The van der Waals surface area contributed by atoms with Crippen LogP contribution in [0.1, 0.15) is 29.9 Å². The molecule has 0 amide bonds. The van der Waals surface area contributed by atoms with Gasteiger partial charge in [0.05, 0.1) is 5.39 Å². The highest BCUT2D eigenvalue weighted by molar-refractivity contribution is 7.18. The fourth-order valence-corrected chi connectivity index (χ4v) is 5.28. The van der Waals surface area contributed by atoms with E-state index in [9.17, 15) is 9.59 Å². The van der Waals surface area contributed by atoms with Gasteiger partial charge in [-0.15, -0.1) is 11.3 Å². The topological polar surface area (TPSA) is 47.2 Å². The Kier molecular flexibility index (Phi) is 4.54. The number of aryl methyl sites for hydroxylation is 1. The summed E-state index contributed by atoms with van der Waals surface area (Å²) in [6.07, 6.45) is 0.864. The van der Waals surface area contributed by atoms with E-state index >= 15 is 0 Å². The van der Waals surface area contributed by atoms with Crippen molar-refractivity contribution >= 4 is 21.6 Å². The molecule has 6 heteroatoms. The number of nitrogens with zero attached hydrogens (tertiary/aromatic N) is 3. The lowest BCUT2D eigenvalue weighted by Gasteiger charge is -2.26. The molecular formula is C20H23N3O2S. The third-order valence-corrected chi connectivity index (χ3v) is 6.40. The maximum atomic E-state index is 12.9. The highest BCUT2D eigenvalue weighted by atomic mass is 32.1. The smallest absolute Gasteiger partial charge is 0.294 e. The van der Waals surface area contributed by atoms with Gasteiger partial charge in [0.15, 0.2) is 0 Å². The monoisotopic (exact) mass is 369 g/mol. The van der Waals surface area contributed by atoms with Gasteiger partial charge in [-0.1, -0.05) is 30.3 Å². The van der Waals surface area contributed by atoms with Gasteiger partial charge in [0.2, 0.25) is 0 Å². The summed E-state index contributed by atoms with van der Waals surface area (Å²) in [5.74, 6) is 0. The van der Waals surface area contributed by atoms with Crippen molar-refractivity contribution in [2.75, 3.05) is 6.54 Å². The first-order chi connectivity index (χ1) is 12.6. The Hall–Kier alpha value is -2.18. The quantitative estimate of drug-likeness (QED) is 0.710. The van der Waals surface area contributed by atoms with Gasteiger partial charge in [0.25, 0.3) is 5.56 Å². The molecule has 1 aliphatic heterocycles. The highest BCUT2D eigenvalue weighted by Gasteiger charge is 2.25. The fraction of sp³-hybridized carbons (Fsp3) is 0.400. The van der Waals surface area contributed by atoms with E-state index in [2.05, 4.69) is 29.2 Å². The zero-order valence-electron chi connectivity index (χ0n) is 15.2. The van der Waals surface area contributed by atoms with Gasteiger partial charge in [-0.3, -0.25) is 18.8 Å². The lowest BCUT2D eigenvalue weighted by atomic mass is 10.0. The SMILES string of the molecule is CCn1c(=O)c2c3c(sc2n(CC)c1=O)CN(Cc1ccccc1)CC3. The molecule has 1 aliphatic rings. The fourth-order valence-electron chi connectivity index (χ4n) is 3.84.